The molecule has 0 saturated carbocycles. The topological polar surface area (TPSA) is 82.3 Å². The number of hydrogen-bond acceptors (Lipinski definition) is 4. The van der Waals surface area contributed by atoms with Gasteiger partial charge in [-0.3, -0.25) is 0 Å². The van der Waals surface area contributed by atoms with Crippen molar-refractivity contribution >= 4 is 10.0 Å². The van der Waals surface area contributed by atoms with Gasteiger partial charge in [-0.05, 0) is 18.6 Å². The third-order valence-corrected chi connectivity index (χ3v) is 3.70. The molecule has 2 N–H and O–H groups in total. The SMILES string of the molecule is CCCCCCCCOc1ncccc1S(N)(=O)=O. The third kappa shape index (κ3) is 6.02. The molecule has 0 spiro atoms. The van der Waals surface area contributed by atoms with Crippen molar-refractivity contribution in [1.29, 1.82) is 0 Å². The first-order valence-electron chi connectivity index (χ1n) is 6.66. The number of sulfonamides is 1. The number of rotatable bonds is 9. The Labute approximate surface area is 115 Å². The van der Waals surface area contributed by atoms with Crippen LogP contribution in [0.1, 0.15) is 45.4 Å². The molecule has 0 saturated heterocycles. The molecule has 0 aliphatic rings. The monoisotopic (exact) mass is 286 g/mol. The molecule has 0 bridgehead atoms. The molecule has 0 aliphatic carbocycles. The van der Waals surface area contributed by atoms with Gasteiger partial charge in [0.15, 0.2) is 0 Å². The van der Waals surface area contributed by atoms with Crippen LogP contribution in [0.4, 0.5) is 0 Å². The van der Waals surface area contributed by atoms with Crippen LogP contribution in [0, 0.1) is 0 Å². The first-order valence-corrected chi connectivity index (χ1v) is 8.21. The van der Waals surface area contributed by atoms with Crippen LogP contribution in [0.3, 0.4) is 0 Å². The van der Waals surface area contributed by atoms with Gasteiger partial charge in [-0.25, -0.2) is 18.5 Å². The van der Waals surface area contributed by atoms with Crippen LogP contribution >= 0.6 is 0 Å². The molecule has 0 aromatic carbocycles. The highest BCUT2D eigenvalue weighted by Crippen LogP contribution is 2.19. The zero-order valence-electron chi connectivity index (χ0n) is 11.3. The number of nitrogens with two attached hydrogens (primary N) is 1. The van der Waals surface area contributed by atoms with Gasteiger partial charge < -0.3 is 4.74 Å². The summed E-state index contributed by atoms with van der Waals surface area (Å²) in [7, 11) is -3.78. The van der Waals surface area contributed by atoms with E-state index in [-0.39, 0.29) is 10.8 Å². The second kappa shape index (κ2) is 8.12. The summed E-state index contributed by atoms with van der Waals surface area (Å²) in [5, 5.41) is 5.10. The number of pyridine rings is 1. The largest absolute Gasteiger partial charge is 0.477 e. The predicted molar refractivity (Wildman–Crippen MR) is 74.5 cm³/mol. The Bertz CT molecular complexity index is 475. The molecule has 1 aromatic heterocycles. The molecule has 0 radical (unpaired) electrons. The quantitative estimate of drug-likeness (QED) is 0.707. The Morgan fingerprint density at radius 2 is 1.89 bits per heavy atom. The lowest BCUT2D eigenvalue weighted by molar-refractivity contribution is 0.285. The maximum atomic E-state index is 11.3. The van der Waals surface area contributed by atoms with Crippen LogP contribution in [-0.4, -0.2) is 20.0 Å². The van der Waals surface area contributed by atoms with Crippen molar-refractivity contribution in [2.24, 2.45) is 5.14 Å². The highest BCUT2D eigenvalue weighted by Gasteiger charge is 2.15. The summed E-state index contributed by atoms with van der Waals surface area (Å²) in [6.45, 7) is 2.64. The third-order valence-electron chi connectivity index (χ3n) is 2.78. The Balaban J connectivity index is 2.38. The first kappa shape index (κ1) is 15.9. The fraction of sp³-hybridized carbons (Fsp3) is 0.615. The molecule has 0 atom stereocenters. The van der Waals surface area contributed by atoms with E-state index in [0.717, 1.165) is 12.8 Å². The molecule has 0 amide bonds. The zero-order valence-corrected chi connectivity index (χ0v) is 12.2. The molecular formula is C13H22N2O3S. The van der Waals surface area contributed by atoms with Gasteiger partial charge in [-0.2, -0.15) is 0 Å². The highest BCUT2D eigenvalue weighted by atomic mass is 32.2. The molecule has 6 heteroatoms. The van der Waals surface area contributed by atoms with E-state index in [0.29, 0.717) is 6.61 Å². The van der Waals surface area contributed by atoms with Crippen LogP contribution < -0.4 is 9.88 Å². The van der Waals surface area contributed by atoms with Crippen LogP contribution in [-0.2, 0) is 10.0 Å². The van der Waals surface area contributed by atoms with Crippen molar-refractivity contribution in [2.45, 2.75) is 50.3 Å². The van der Waals surface area contributed by atoms with Gasteiger partial charge in [0.25, 0.3) is 0 Å². The Morgan fingerprint density at radius 3 is 2.58 bits per heavy atom. The number of primary sulfonamides is 1. The number of hydrogen-bond donors (Lipinski definition) is 1. The van der Waals surface area contributed by atoms with Gasteiger partial charge in [0.1, 0.15) is 4.90 Å². The summed E-state index contributed by atoms with van der Waals surface area (Å²) in [5.41, 5.74) is 0. The maximum absolute atomic E-state index is 11.3. The van der Waals surface area contributed by atoms with E-state index in [4.69, 9.17) is 9.88 Å². The maximum Gasteiger partial charge on any atom is 0.243 e. The lowest BCUT2D eigenvalue weighted by atomic mass is 10.1. The minimum Gasteiger partial charge on any atom is -0.477 e. The van der Waals surface area contributed by atoms with Crippen LogP contribution in [0.5, 0.6) is 5.88 Å². The summed E-state index contributed by atoms with van der Waals surface area (Å²) < 4.78 is 28.0. The summed E-state index contributed by atoms with van der Waals surface area (Å²) in [6.07, 6.45) is 8.37. The number of aromatic nitrogens is 1. The van der Waals surface area contributed by atoms with E-state index in [1.807, 2.05) is 0 Å². The second-order valence-corrected chi connectivity index (χ2v) is 6.00. The fourth-order valence-electron chi connectivity index (χ4n) is 1.75. The standard InChI is InChI=1S/C13H22N2O3S/c1-2-3-4-5-6-7-11-18-13-12(19(14,16)17)9-8-10-15-13/h8-10H,2-7,11H2,1H3,(H2,14,16,17). The summed E-state index contributed by atoms with van der Waals surface area (Å²) in [6, 6.07) is 2.93. The lowest BCUT2D eigenvalue weighted by Gasteiger charge is -2.08. The number of nitrogens with zero attached hydrogens (tertiary/aromatic N) is 1. The summed E-state index contributed by atoms with van der Waals surface area (Å²) in [5.74, 6) is 0.0959. The van der Waals surface area contributed by atoms with Crippen LogP contribution in [0.15, 0.2) is 23.2 Å². The van der Waals surface area contributed by atoms with Gasteiger partial charge in [0.2, 0.25) is 15.9 Å². The summed E-state index contributed by atoms with van der Waals surface area (Å²) >= 11 is 0. The molecule has 0 fully saturated rings. The van der Waals surface area contributed by atoms with Gasteiger partial charge in [-0.15, -0.1) is 0 Å². The Morgan fingerprint density at radius 1 is 1.21 bits per heavy atom. The number of ether oxygens (including phenoxy) is 1. The molecule has 1 heterocycles. The van der Waals surface area contributed by atoms with Crippen molar-refractivity contribution in [1.82, 2.24) is 4.98 Å². The smallest absolute Gasteiger partial charge is 0.243 e. The zero-order chi connectivity index (χ0) is 14.1. The van der Waals surface area contributed by atoms with Crippen molar-refractivity contribution in [3.8, 4) is 5.88 Å². The van der Waals surface area contributed by atoms with Crippen molar-refractivity contribution in [3.05, 3.63) is 18.3 Å². The van der Waals surface area contributed by atoms with Crippen LogP contribution in [0.25, 0.3) is 0 Å². The molecule has 108 valence electrons. The van der Waals surface area contributed by atoms with Crippen molar-refractivity contribution in [2.75, 3.05) is 6.61 Å². The normalized spacial score (nSPS) is 11.5. The lowest BCUT2D eigenvalue weighted by Crippen LogP contribution is -2.14. The van der Waals surface area contributed by atoms with E-state index in [1.165, 1.54) is 44.0 Å². The van der Waals surface area contributed by atoms with Gasteiger partial charge >= 0.3 is 0 Å². The molecule has 1 aromatic rings. The van der Waals surface area contributed by atoms with Crippen LogP contribution in [0.2, 0.25) is 0 Å². The van der Waals surface area contributed by atoms with E-state index < -0.39 is 10.0 Å². The predicted octanol–water partition coefficient (Wildman–Crippen LogP) is 2.47. The van der Waals surface area contributed by atoms with E-state index in [1.54, 1.807) is 0 Å². The minimum absolute atomic E-state index is 0.0546. The molecule has 1 rings (SSSR count). The number of unbranched alkanes of at least 4 members (excludes halogenated alkanes) is 5. The molecule has 19 heavy (non-hydrogen) atoms. The average Bonchev–Trinajstić information content (AvgIpc) is 2.37. The van der Waals surface area contributed by atoms with Crippen molar-refractivity contribution < 1.29 is 13.2 Å². The molecule has 0 aliphatic heterocycles. The van der Waals surface area contributed by atoms with E-state index in [2.05, 4.69) is 11.9 Å². The second-order valence-electron chi connectivity index (χ2n) is 4.47. The first-order chi connectivity index (χ1) is 9.05. The van der Waals surface area contributed by atoms with E-state index in [9.17, 15) is 8.42 Å². The summed E-state index contributed by atoms with van der Waals surface area (Å²) in [4.78, 5) is 3.86. The molecular weight excluding hydrogens is 264 g/mol. The fourth-order valence-corrected chi connectivity index (χ4v) is 2.38. The van der Waals surface area contributed by atoms with E-state index >= 15 is 0 Å². The van der Waals surface area contributed by atoms with Crippen molar-refractivity contribution in [3.63, 3.8) is 0 Å². The average molecular weight is 286 g/mol. The van der Waals surface area contributed by atoms with Gasteiger partial charge in [0.05, 0.1) is 6.61 Å². The van der Waals surface area contributed by atoms with Gasteiger partial charge in [-0.1, -0.05) is 39.0 Å². The van der Waals surface area contributed by atoms with Gasteiger partial charge in [0, 0.05) is 6.20 Å². The Kier molecular flexibility index (Phi) is 6.80. The minimum atomic E-state index is -3.78. The molecule has 5 nitrogen and oxygen atoms in total. The highest BCUT2D eigenvalue weighted by molar-refractivity contribution is 7.89. The molecule has 0 unspecified atom stereocenters. The Hall–Kier alpha value is -1.14.